The van der Waals surface area contributed by atoms with Crippen molar-refractivity contribution < 1.29 is 8.83 Å². The number of hydrogen-bond donors (Lipinski definition) is 0. The molecule has 0 atom stereocenters. The molecule has 268 valence electrons. The lowest BCUT2D eigenvalue weighted by atomic mass is 9.83. The molecule has 2 heterocycles. The summed E-state index contributed by atoms with van der Waals surface area (Å²) >= 11 is 0. The third kappa shape index (κ3) is 4.37. The predicted octanol–water partition coefficient (Wildman–Crippen LogP) is 16.3. The van der Waals surface area contributed by atoms with Crippen LogP contribution in [0.3, 0.4) is 0 Å². The Morgan fingerprint density at radius 2 is 0.810 bits per heavy atom. The molecule has 0 bridgehead atoms. The molecule has 0 saturated heterocycles. The molecule has 11 aromatic carbocycles. The number of fused-ring (bicyclic) bond motifs is 13. The zero-order valence-corrected chi connectivity index (χ0v) is 31.3. The molecule has 2 heteroatoms. The molecule has 2 nitrogen and oxygen atoms in total. The molecule has 0 amide bonds. The van der Waals surface area contributed by atoms with Crippen LogP contribution in [0.2, 0.25) is 0 Å². The average molecular weight is 737 g/mol. The van der Waals surface area contributed by atoms with Gasteiger partial charge in [-0.1, -0.05) is 164 Å². The second kappa shape index (κ2) is 11.9. The normalized spacial score (nSPS) is 12.1. The maximum atomic E-state index is 6.92. The third-order valence-corrected chi connectivity index (χ3v) is 12.4. The number of para-hydroxylation sites is 1. The summed E-state index contributed by atoms with van der Waals surface area (Å²) in [5.41, 5.74) is 10.8. The SMILES string of the molecule is c1ccc2cc(-c3c4ccccc4c(-c4ccc(-c5cc6oc7c(ccc8oc9ccccc9c87)c6c6ccccc56)c5ccccc45)c4ccccc34)ccc2c1. The molecule has 0 unspecified atom stereocenters. The fourth-order valence-electron chi connectivity index (χ4n) is 9.96. The van der Waals surface area contributed by atoms with Crippen LogP contribution in [0.1, 0.15) is 0 Å². The minimum Gasteiger partial charge on any atom is -0.456 e. The Bertz CT molecular complexity index is 3800. The molecule has 13 rings (SSSR count). The van der Waals surface area contributed by atoms with Gasteiger partial charge in [0.1, 0.15) is 22.3 Å². The van der Waals surface area contributed by atoms with Gasteiger partial charge in [-0.05, 0) is 118 Å². The summed E-state index contributed by atoms with van der Waals surface area (Å²) in [6, 6.07) is 70.5. The first-order valence-corrected chi connectivity index (χ1v) is 19.9. The van der Waals surface area contributed by atoms with E-state index in [1.54, 1.807) is 0 Å². The lowest BCUT2D eigenvalue weighted by Crippen LogP contribution is -1.93. The van der Waals surface area contributed by atoms with Gasteiger partial charge < -0.3 is 8.83 Å². The van der Waals surface area contributed by atoms with Crippen LogP contribution in [0, 0.1) is 0 Å². The van der Waals surface area contributed by atoms with E-state index >= 15 is 0 Å². The quantitative estimate of drug-likeness (QED) is 0.169. The zero-order chi connectivity index (χ0) is 37.9. The summed E-state index contributed by atoms with van der Waals surface area (Å²) in [5, 5.41) is 16.6. The van der Waals surface area contributed by atoms with Crippen LogP contribution in [0.15, 0.2) is 203 Å². The molecular formula is C56H32O2. The fraction of sp³-hybridized carbons (Fsp3) is 0. The van der Waals surface area contributed by atoms with E-state index in [1.165, 1.54) is 81.7 Å². The summed E-state index contributed by atoms with van der Waals surface area (Å²) in [6.07, 6.45) is 0. The van der Waals surface area contributed by atoms with Crippen molar-refractivity contribution in [2.75, 3.05) is 0 Å². The van der Waals surface area contributed by atoms with Crippen molar-refractivity contribution in [1.29, 1.82) is 0 Å². The summed E-state index contributed by atoms with van der Waals surface area (Å²) < 4.78 is 13.2. The van der Waals surface area contributed by atoms with Crippen molar-refractivity contribution in [1.82, 2.24) is 0 Å². The second-order valence-corrected chi connectivity index (χ2v) is 15.5. The van der Waals surface area contributed by atoms with Gasteiger partial charge in [0.25, 0.3) is 0 Å². The Balaban J connectivity index is 1.08. The molecule has 0 fully saturated rings. The molecule has 13 aromatic rings. The lowest BCUT2D eigenvalue weighted by molar-refractivity contribution is 0.663. The number of furan rings is 2. The van der Waals surface area contributed by atoms with E-state index in [2.05, 4.69) is 182 Å². The van der Waals surface area contributed by atoms with Crippen molar-refractivity contribution in [3.05, 3.63) is 194 Å². The largest absolute Gasteiger partial charge is 0.456 e. The van der Waals surface area contributed by atoms with Gasteiger partial charge in [-0.25, -0.2) is 0 Å². The molecule has 0 spiro atoms. The van der Waals surface area contributed by atoms with Crippen molar-refractivity contribution in [3.63, 3.8) is 0 Å². The van der Waals surface area contributed by atoms with Crippen LogP contribution in [0.25, 0.3) is 131 Å². The first-order valence-electron chi connectivity index (χ1n) is 19.9. The minimum atomic E-state index is 0.837. The molecule has 0 aliphatic heterocycles. The van der Waals surface area contributed by atoms with Crippen molar-refractivity contribution in [3.8, 4) is 33.4 Å². The van der Waals surface area contributed by atoms with E-state index in [9.17, 15) is 0 Å². The fourth-order valence-corrected chi connectivity index (χ4v) is 9.96. The van der Waals surface area contributed by atoms with Gasteiger partial charge in [0.15, 0.2) is 0 Å². The van der Waals surface area contributed by atoms with Crippen molar-refractivity contribution >= 4 is 97.7 Å². The van der Waals surface area contributed by atoms with E-state index in [1.807, 2.05) is 12.1 Å². The van der Waals surface area contributed by atoms with Gasteiger partial charge in [0.05, 0.1) is 5.39 Å². The summed E-state index contributed by atoms with van der Waals surface area (Å²) in [6.45, 7) is 0. The molecule has 0 aliphatic carbocycles. The van der Waals surface area contributed by atoms with Gasteiger partial charge in [0.2, 0.25) is 0 Å². The number of hydrogen-bond acceptors (Lipinski definition) is 2. The van der Waals surface area contributed by atoms with Crippen molar-refractivity contribution in [2.45, 2.75) is 0 Å². The van der Waals surface area contributed by atoms with E-state index < -0.39 is 0 Å². The van der Waals surface area contributed by atoms with E-state index in [-0.39, 0.29) is 0 Å². The van der Waals surface area contributed by atoms with Gasteiger partial charge in [-0.15, -0.1) is 0 Å². The van der Waals surface area contributed by atoms with Crippen molar-refractivity contribution in [2.24, 2.45) is 0 Å². The first-order chi connectivity index (χ1) is 28.8. The Labute approximate surface area is 332 Å². The van der Waals surface area contributed by atoms with Crippen LogP contribution < -0.4 is 0 Å². The van der Waals surface area contributed by atoms with Crippen LogP contribution in [0.4, 0.5) is 0 Å². The van der Waals surface area contributed by atoms with E-state index in [4.69, 9.17) is 8.83 Å². The Morgan fingerprint density at radius 3 is 1.53 bits per heavy atom. The standard InChI is InChI=1S/C56H32O2/c1-2-14-34-31-35(26-25-33(34)13-1)52-41-19-7-9-21-43(41)53(44-22-10-8-20-42(44)52)45-28-27-39(36-15-3-4-16-37(36)45)48-32-51-54(40-18-6-5-17-38(40)48)47-29-30-50-55(56(47)58-51)46-23-11-12-24-49(46)57-50/h1-32H. The highest BCUT2D eigenvalue weighted by molar-refractivity contribution is 6.29. The Morgan fingerprint density at radius 1 is 0.259 bits per heavy atom. The zero-order valence-electron chi connectivity index (χ0n) is 31.3. The smallest absolute Gasteiger partial charge is 0.147 e. The highest BCUT2D eigenvalue weighted by Gasteiger charge is 2.22. The first kappa shape index (κ1) is 31.5. The molecule has 58 heavy (non-hydrogen) atoms. The molecule has 0 radical (unpaired) electrons. The summed E-state index contributed by atoms with van der Waals surface area (Å²) in [4.78, 5) is 0. The maximum Gasteiger partial charge on any atom is 0.147 e. The predicted molar refractivity (Wildman–Crippen MR) is 245 cm³/mol. The van der Waals surface area contributed by atoms with Gasteiger partial charge >= 0.3 is 0 Å². The number of benzene rings is 11. The summed E-state index contributed by atoms with van der Waals surface area (Å²) in [7, 11) is 0. The Hall–Kier alpha value is -7.68. The maximum absolute atomic E-state index is 6.92. The average Bonchev–Trinajstić information content (AvgIpc) is 3.86. The molecule has 0 N–H and O–H groups in total. The topological polar surface area (TPSA) is 26.3 Å². The highest BCUT2D eigenvalue weighted by Crippen LogP contribution is 2.49. The third-order valence-electron chi connectivity index (χ3n) is 12.4. The van der Waals surface area contributed by atoms with Crippen LogP contribution in [0.5, 0.6) is 0 Å². The molecule has 0 saturated carbocycles. The molecular weight excluding hydrogens is 705 g/mol. The van der Waals surface area contributed by atoms with Gasteiger partial charge in [-0.3, -0.25) is 0 Å². The monoisotopic (exact) mass is 736 g/mol. The molecule has 2 aromatic heterocycles. The lowest BCUT2D eigenvalue weighted by Gasteiger charge is -2.20. The minimum absolute atomic E-state index is 0.837. The van der Waals surface area contributed by atoms with Gasteiger partial charge in [-0.2, -0.15) is 0 Å². The molecule has 0 aliphatic rings. The summed E-state index contributed by atoms with van der Waals surface area (Å²) in [5.74, 6) is 0. The van der Waals surface area contributed by atoms with Crippen LogP contribution in [-0.4, -0.2) is 0 Å². The highest BCUT2D eigenvalue weighted by atomic mass is 16.3. The van der Waals surface area contributed by atoms with E-state index in [0.29, 0.717) is 0 Å². The van der Waals surface area contributed by atoms with Crippen LogP contribution in [-0.2, 0) is 0 Å². The Kier molecular flexibility index (Phi) is 6.47. The van der Waals surface area contributed by atoms with Crippen LogP contribution >= 0.6 is 0 Å². The second-order valence-electron chi connectivity index (χ2n) is 15.5. The van der Waals surface area contributed by atoms with E-state index in [0.717, 1.165) is 49.4 Å². The number of rotatable bonds is 3. The van der Waals surface area contributed by atoms with Gasteiger partial charge in [0, 0.05) is 16.2 Å².